The molecule has 0 spiro atoms. The molecule has 0 atom stereocenters. The largest absolute Gasteiger partial charge is 0.378 e. The van der Waals surface area contributed by atoms with Gasteiger partial charge in [0.1, 0.15) is 11.4 Å². The highest BCUT2D eigenvalue weighted by molar-refractivity contribution is 6.29. The van der Waals surface area contributed by atoms with Crippen molar-refractivity contribution < 1.29 is 38.5 Å². The van der Waals surface area contributed by atoms with Crippen LogP contribution in [0.25, 0.3) is 21.5 Å². The molecule has 0 aliphatic carbocycles. The van der Waals surface area contributed by atoms with Crippen molar-refractivity contribution in [2.24, 2.45) is 0 Å². The molecule has 17 nitrogen and oxygen atoms in total. The number of nitrogens with zero attached hydrogens (tertiary/aromatic N) is 6. The predicted octanol–water partition coefficient (Wildman–Crippen LogP) is 2.96. The van der Waals surface area contributed by atoms with Crippen molar-refractivity contribution >= 4 is 67.9 Å². The number of morpholine rings is 2. The molecular weight excluding hydrogens is 690 g/mol. The van der Waals surface area contributed by atoms with Gasteiger partial charge in [-0.05, 0) is 12.1 Å². The number of carbonyl (C=O) groups excluding carboxylic acids is 4. The fourth-order valence-corrected chi connectivity index (χ4v) is 7.80. The summed E-state index contributed by atoms with van der Waals surface area (Å²) in [6.07, 6.45) is 0. The highest BCUT2D eigenvalue weighted by atomic mass is 16.6. The summed E-state index contributed by atoms with van der Waals surface area (Å²) in [5, 5.41) is 29.2. The molecule has 4 aliphatic heterocycles. The van der Waals surface area contributed by atoms with Crippen LogP contribution >= 0.6 is 0 Å². The minimum absolute atomic E-state index is 0.0575. The Hall–Kier alpha value is -6.04. The summed E-state index contributed by atoms with van der Waals surface area (Å²) < 4.78 is 10.9. The van der Waals surface area contributed by atoms with Gasteiger partial charge in [0.05, 0.1) is 47.4 Å². The van der Waals surface area contributed by atoms with Gasteiger partial charge in [-0.2, -0.15) is 0 Å². The molecule has 4 heterocycles. The summed E-state index contributed by atoms with van der Waals surface area (Å²) in [5.74, 6) is -2.41. The Morgan fingerprint density at radius 1 is 0.585 bits per heavy atom. The van der Waals surface area contributed by atoms with Crippen LogP contribution in [-0.4, -0.2) is 122 Å². The fourth-order valence-electron chi connectivity index (χ4n) is 7.80. The molecule has 0 saturated carbocycles. The second-order valence-electron chi connectivity index (χ2n) is 13.0. The number of benzene rings is 4. The monoisotopic (exact) mass is 723 g/mol. The van der Waals surface area contributed by atoms with E-state index >= 15 is 0 Å². The Bertz CT molecular complexity index is 2110. The second-order valence-corrected chi connectivity index (χ2v) is 13.0. The third-order valence-corrected chi connectivity index (χ3v) is 10.2. The van der Waals surface area contributed by atoms with E-state index in [9.17, 15) is 39.4 Å². The average Bonchev–Trinajstić information content (AvgIpc) is 3.17. The van der Waals surface area contributed by atoms with Crippen molar-refractivity contribution in [1.29, 1.82) is 0 Å². The molecule has 17 heteroatoms. The highest BCUT2D eigenvalue weighted by Gasteiger charge is 2.39. The van der Waals surface area contributed by atoms with Crippen LogP contribution in [0.1, 0.15) is 41.4 Å². The van der Waals surface area contributed by atoms with Gasteiger partial charge in [-0.1, -0.05) is 24.3 Å². The molecule has 0 radical (unpaired) electrons. The average molecular weight is 724 g/mol. The Morgan fingerprint density at radius 3 is 1.34 bits per heavy atom. The number of nitro benzene ring substituents is 2. The van der Waals surface area contributed by atoms with Crippen molar-refractivity contribution in [2.75, 3.05) is 88.6 Å². The standard InChI is InChI=1S/C36H33N7O10/c44-33-23-5-1-3-21-29(23)25(19-27(42(48)49)31(21)38-11-15-52-16-12-38)35(46)40(33)9-7-37-8-10-41-34(45)24-6-2-4-22-30(24)26(36(41)47)20-28(43(50)51)32(22)39-13-17-53-18-14-39/h1-6,19-20,37H,7-18H2. The molecular formula is C36H33N7O10. The minimum Gasteiger partial charge on any atom is -0.378 e. The van der Waals surface area contributed by atoms with Crippen LogP contribution in [-0.2, 0) is 9.47 Å². The predicted molar refractivity (Wildman–Crippen MR) is 191 cm³/mol. The molecule has 0 bridgehead atoms. The number of amides is 4. The molecule has 0 unspecified atom stereocenters. The topological polar surface area (TPSA) is 198 Å². The number of hydrogen-bond donors (Lipinski definition) is 1. The molecule has 272 valence electrons. The smallest absolute Gasteiger partial charge is 0.293 e. The van der Waals surface area contributed by atoms with Crippen LogP contribution in [0.4, 0.5) is 22.7 Å². The number of imide groups is 2. The third-order valence-electron chi connectivity index (χ3n) is 10.2. The SMILES string of the molecule is O=C1c2cccc3c(N4CCOCC4)c([N+](=O)[O-])cc(c23)C(=O)N1CCNCCN1C(=O)c2cccc3c(N4CCOCC4)c([N+](=O)[O-])cc(c23)C1=O. The van der Waals surface area contributed by atoms with Gasteiger partial charge in [0.15, 0.2) is 0 Å². The fraction of sp³-hybridized carbons (Fsp3) is 0.333. The Balaban J connectivity index is 0.990. The van der Waals surface area contributed by atoms with Gasteiger partial charge < -0.3 is 24.6 Å². The lowest BCUT2D eigenvalue weighted by Gasteiger charge is -2.32. The van der Waals surface area contributed by atoms with Crippen molar-refractivity contribution in [1.82, 2.24) is 15.1 Å². The van der Waals surface area contributed by atoms with E-state index in [-0.39, 0.29) is 59.8 Å². The first kappa shape index (κ1) is 34.1. The molecule has 4 aromatic rings. The molecule has 4 aromatic carbocycles. The molecule has 2 saturated heterocycles. The third kappa shape index (κ3) is 5.60. The maximum absolute atomic E-state index is 13.7. The molecule has 8 rings (SSSR count). The summed E-state index contributed by atoms with van der Waals surface area (Å²) in [5.41, 5.74) is 0.856. The number of rotatable bonds is 10. The summed E-state index contributed by atoms with van der Waals surface area (Å²) in [6.45, 7) is 3.25. The van der Waals surface area contributed by atoms with Crippen LogP contribution < -0.4 is 15.1 Å². The van der Waals surface area contributed by atoms with E-state index in [1.165, 1.54) is 12.1 Å². The summed E-state index contributed by atoms with van der Waals surface area (Å²) >= 11 is 0. The van der Waals surface area contributed by atoms with Crippen molar-refractivity contribution in [2.45, 2.75) is 0 Å². The lowest BCUT2D eigenvalue weighted by atomic mass is 9.91. The first-order valence-electron chi connectivity index (χ1n) is 17.2. The summed E-state index contributed by atoms with van der Waals surface area (Å²) in [4.78, 5) is 84.1. The van der Waals surface area contributed by atoms with E-state index < -0.39 is 33.5 Å². The van der Waals surface area contributed by atoms with E-state index in [1.807, 2.05) is 9.80 Å². The van der Waals surface area contributed by atoms with E-state index in [4.69, 9.17) is 9.47 Å². The first-order valence-corrected chi connectivity index (χ1v) is 17.2. The Morgan fingerprint density at radius 2 is 0.962 bits per heavy atom. The maximum Gasteiger partial charge on any atom is 0.293 e. The summed E-state index contributed by atoms with van der Waals surface area (Å²) in [7, 11) is 0. The highest BCUT2D eigenvalue weighted by Crippen LogP contribution is 2.44. The van der Waals surface area contributed by atoms with Gasteiger partial charge in [-0.15, -0.1) is 0 Å². The van der Waals surface area contributed by atoms with Crippen LogP contribution in [0.3, 0.4) is 0 Å². The van der Waals surface area contributed by atoms with Gasteiger partial charge in [-0.3, -0.25) is 49.2 Å². The zero-order chi connectivity index (χ0) is 37.0. The first-order chi connectivity index (χ1) is 25.7. The lowest BCUT2D eigenvalue weighted by molar-refractivity contribution is -0.384. The Kier molecular flexibility index (Phi) is 8.68. The van der Waals surface area contributed by atoms with Gasteiger partial charge in [0, 0.05) is 97.2 Å². The zero-order valence-electron chi connectivity index (χ0n) is 28.4. The number of anilines is 2. The van der Waals surface area contributed by atoms with Gasteiger partial charge in [0.2, 0.25) is 0 Å². The number of ether oxygens (including phenoxy) is 2. The van der Waals surface area contributed by atoms with E-state index in [2.05, 4.69) is 5.32 Å². The van der Waals surface area contributed by atoms with Crippen molar-refractivity contribution in [3.63, 3.8) is 0 Å². The zero-order valence-corrected chi connectivity index (χ0v) is 28.4. The molecule has 53 heavy (non-hydrogen) atoms. The maximum atomic E-state index is 13.7. The minimum atomic E-state index is -0.666. The number of nitro groups is 2. The van der Waals surface area contributed by atoms with E-state index in [0.717, 1.165) is 9.80 Å². The van der Waals surface area contributed by atoms with Crippen LogP contribution in [0.2, 0.25) is 0 Å². The van der Waals surface area contributed by atoms with Gasteiger partial charge in [0.25, 0.3) is 35.0 Å². The van der Waals surface area contributed by atoms with Gasteiger partial charge in [-0.25, -0.2) is 0 Å². The number of carbonyl (C=O) groups is 4. The molecule has 1 N–H and O–H groups in total. The van der Waals surface area contributed by atoms with Crippen molar-refractivity contribution in [3.05, 3.63) is 91.0 Å². The summed E-state index contributed by atoms with van der Waals surface area (Å²) in [6, 6.07) is 12.3. The van der Waals surface area contributed by atoms with Crippen LogP contribution in [0, 0.1) is 20.2 Å². The molecule has 0 aromatic heterocycles. The van der Waals surface area contributed by atoms with Gasteiger partial charge >= 0.3 is 0 Å². The Labute approximate surface area is 300 Å². The van der Waals surface area contributed by atoms with Crippen molar-refractivity contribution in [3.8, 4) is 0 Å². The quantitative estimate of drug-likeness (QED) is 0.109. The van der Waals surface area contributed by atoms with Crippen LogP contribution in [0.5, 0.6) is 0 Å². The normalized spacial score (nSPS) is 17.4. The van der Waals surface area contributed by atoms with Crippen LogP contribution in [0.15, 0.2) is 48.5 Å². The number of nitrogens with one attached hydrogen (secondary N) is 1. The number of hydrogen-bond acceptors (Lipinski definition) is 13. The van der Waals surface area contributed by atoms with E-state index in [0.29, 0.717) is 85.5 Å². The second kappa shape index (κ2) is 13.5. The molecule has 4 aliphatic rings. The van der Waals surface area contributed by atoms with E-state index in [1.54, 1.807) is 36.4 Å². The molecule has 4 amide bonds. The lowest BCUT2D eigenvalue weighted by Crippen LogP contribution is -2.46. The molecule has 2 fully saturated rings.